The molecule has 0 aliphatic rings. The molecule has 0 aliphatic heterocycles. The number of carbonyl (C=O) groups excluding carboxylic acids is 1. The van der Waals surface area contributed by atoms with Crippen LogP contribution in [0.3, 0.4) is 0 Å². The summed E-state index contributed by atoms with van der Waals surface area (Å²) in [5.74, 6) is 1.22. The molecular formula is C23H27O4P. The van der Waals surface area contributed by atoms with E-state index in [1.807, 2.05) is 60.7 Å². The minimum Gasteiger partial charge on any atom is -0.873 e. The molecule has 148 valence electrons. The van der Waals surface area contributed by atoms with Gasteiger partial charge in [0, 0.05) is 0 Å². The molecule has 0 fully saturated rings. The van der Waals surface area contributed by atoms with Gasteiger partial charge < -0.3 is 14.6 Å². The van der Waals surface area contributed by atoms with Crippen LogP contribution < -0.4 is 10.4 Å². The van der Waals surface area contributed by atoms with E-state index in [-0.39, 0.29) is 30.7 Å². The first-order valence-corrected chi connectivity index (χ1v) is 10.9. The van der Waals surface area contributed by atoms with E-state index in [1.54, 1.807) is 19.7 Å². The van der Waals surface area contributed by atoms with Crippen molar-refractivity contribution >= 4 is 25.1 Å². The molecule has 0 spiro atoms. The Kier molecular flexibility index (Phi) is 8.93. The van der Waals surface area contributed by atoms with Crippen molar-refractivity contribution in [2.24, 2.45) is 0 Å². The third kappa shape index (κ3) is 8.08. The molecule has 2 atom stereocenters. The third-order valence-electron chi connectivity index (χ3n) is 3.91. The van der Waals surface area contributed by atoms with Gasteiger partial charge in [0.25, 0.3) is 0 Å². The largest absolute Gasteiger partial charge is 0.873 e. The van der Waals surface area contributed by atoms with Gasteiger partial charge in [-0.15, -0.1) is 0 Å². The van der Waals surface area contributed by atoms with Gasteiger partial charge in [-0.05, 0) is 38.0 Å². The number of carbonyl (C=O) groups is 1. The predicted octanol–water partition coefficient (Wildman–Crippen LogP) is 3.74. The maximum atomic E-state index is 12.5. The van der Waals surface area contributed by atoms with Crippen molar-refractivity contribution in [1.82, 2.24) is 0 Å². The van der Waals surface area contributed by atoms with Gasteiger partial charge in [0.15, 0.2) is 12.8 Å². The van der Waals surface area contributed by atoms with E-state index in [0.29, 0.717) is 6.61 Å². The first-order chi connectivity index (χ1) is 13.4. The van der Waals surface area contributed by atoms with E-state index >= 15 is 0 Å². The van der Waals surface area contributed by atoms with Crippen LogP contribution in [-0.2, 0) is 20.9 Å². The molecule has 5 heteroatoms. The summed E-state index contributed by atoms with van der Waals surface area (Å²) in [5, 5.41) is 13.6. The normalized spacial score (nSPS) is 13.2. The Bertz CT molecular complexity index is 785. The quantitative estimate of drug-likeness (QED) is 0.348. The van der Waals surface area contributed by atoms with E-state index < -0.39 is 13.6 Å². The molecule has 28 heavy (non-hydrogen) atoms. The van der Waals surface area contributed by atoms with Crippen molar-refractivity contribution in [2.75, 3.05) is 0 Å². The third-order valence-corrected chi connectivity index (χ3v) is 5.47. The Balaban J connectivity index is 2.03. The van der Waals surface area contributed by atoms with Crippen molar-refractivity contribution in [1.29, 1.82) is 0 Å². The fourth-order valence-electron chi connectivity index (χ4n) is 2.62. The van der Waals surface area contributed by atoms with Crippen LogP contribution in [-0.4, -0.2) is 24.5 Å². The Morgan fingerprint density at radius 1 is 1.07 bits per heavy atom. The maximum absolute atomic E-state index is 12.5. The molecule has 0 amide bonds. The molecule has 0 saturated heterocycles. The first kappa shape index (κ1) is 21.9. The highest BCUT2D eigenvalue weighted by Gasteiger charge is 2.17. The molecule has 2 rings (SSSR count). The highest BCUT2D eigenvalue weighted by atomic mass is 31.1. The molecule has 0 heterocycles. The lowest BCUT2D eigenvalue weighted by Gasteiger charge is -2.21. The highest BCUT2D eigenvalue weighted by Crippen LogP contribution is 2.24. The predicted molar refractivity (Wildman–Crippen MR) is 114 cm³/mol. The first-order valence-electron chi connectivity index (χ1n) is 9.31. The Labute approximate surface area is 168 Å². The molecule has 0 aliphatic carbocycles. The molecule has 1 unspecified atom stereocenters. The lowest BCUT2D eigenvalue weighted by atomic mass is 10.1. The van der Waals surface area contributed by atoms with Crippen LogP contribution in [0.1, 0.15) is 32.3 Å². The summed E-state index contributed by atoms with van der Waals surface area (Å²) in [6, 6.07) is 19.4. The van der Waals surface area contributed by atoms with Crippen molar-refractivity contribution in [3.05, 3.63) is 77.8 Å². The second-order valence-electron chi connectivity index (χ2n) is 6.77. The Morgan fingerprint density at radius 3 is 2.29 bits per heavy atom. The van der Waals surface area contributed by atoms with Gasteiger partial charge in [0.1, 0.15) is 5.82 Å². The van der Waals surface area contributed by atoms with Gasteiger partial charge in [0.05, 0.1) is 31.5 Å². The molecule has 0 saturated carbocycles. The summed E-state index contributed by atoms with van der Waals surface area (Å²) >= 11 is 0. The fourth-order valence-corrected chi connectivity index (χ4v) is 3.78. The zero-order valence-corrected chi connectivity index (χ0v) is 17.3. The highest BCUT2D eigenvalue weighted by molar-refractivity contribution is 7.66. The van der Waals surface area contributed by atoms with Crippen LogP contribution >= 0.6 is 7.55 Å². The van der Waals surface area contributed by atoms with Gasteiger partial charge >= 0.3 is 5.97 Å². The van der Waals surface area contributed by atoms with E-state index in [0.717, 1.165) is 10.9 Å². The van der Waals surface area contributed by atoms with Crippen LogP contribution in [0.2, 0.25) is 0 Å². The summed E-state index contributed by atoms with van der Waals surface area (Å²) < 4.78 is 11.1. The van der Waals surface area contributed by atoms with Crippen molar-refractivity contribution in [3.8, 4) is 0 Å². The average Bonchev–Trinajstić information content (AvgIpc) is 2.67. The summed E-state index contributed by atoms with van der Waals surface area (Å²) in [6.45, 7) is 3.94. The van der Waals surface area contributed by atoms with Crippen LogP contribution in [0, 0.1) is 0 Å². The minimum atomic E-state index is -0.929. The van der Waals surface area contributed by atoms with Gasteiger partial charge in [-0.2, -0.15) is 0 Å². The SMILES string of the molecule is C=[P+](C=C([O-])C[C@H](CC(=O)OC(C)C)OCc1ccccc1)c1ccccc1. The number of benzene rings is 2. The maximum Gasteiger partial charge on any atom is 0.308 e. The van der Waals surface area contributed by atoms with E-state index in [4.69, 9.17) is 9.47 Å². The Hall–Kier alpha value is -2.42. The van der Waals surface area contributed by atoms with E-state index in [1.165, 1.54) is 0 Å². The Morgan fingerprint density at radius 2 is 1.68 bits per heavy atom. The second-order valence-corrected chi connectivity index (χ2v) is 8.48. The number of ether oxygens (including phenoxy) is 2. The monoisotopic (exact) mass is 398 g/mol. The van der Waals surface area contributed by atoms with E-state index in [2.05, 4.69) is 6.30 Å². The lowest BCUT2D eigenvalue weighted by molar-refractivity contribution is -0.309. The molecule has 0 aromatic heterocycles. The van der Waals surface area contributed by atoms with Crippen molar-refractivity contribution in [3.63, 3.8) is 0 Å². The topological polar surface area (TPSA) is 58.6 Å². The van der Waals surface area contributed by atoms with Crippen molar-refractivity contribution in [2.45, 2.75) is 45.5 Å². The summed E-state index contributed by atoms with van der Waals surface area (Å²) in [4.78, 5) is 12.1. The zero-order valence-electron chi connectivity index (χ0n) is 16.4. The zero-order chi connectivity index (χ0) is 20.4. The molecule has 0 bridgehead atoms. The number of rotatable bonds is 10. The molecule has 0 radical (unpaired) electrons. The summed E-state index contributed by atoms with van der Waals surface area (Å²) in [5.41, 5.74) is 0.991. The van der Waals surface area contributed by atoms with Gasteiger partial charge in [0.2, 0.25) is 0 Å². The molecule has 2 aromatic carbocycles. The van der Waals surface area contributed by atoms with Crippen LogP contribution in [0.4, 0.5) is 0 Å². The van der Waals surface area contributed by atoms with E-state index in [9.17, 15) is 9.90 Å². The molecule has 0 N–H and O–H groups in total. The van der Waals surface area contributed by atoms with Crippen LogP contribution in [0.25, 0.3) is 0 Å². The van der Waals surface area contributed by atoms with Crippen LogP contribution in [0.5, 0.6) is 0 Å². The van der Waals surface area contributed by atoms with Gasteiger partial charge in [-0.1, -0.05) is 54.3 Å². The molecular weight excluding hydrogens is 371 g/mol. The van der Waals surface area contributed by atoms with Crippen LogP contribution in [0.15, 0.2) is 72.2 Å². The van der Waals surface area contributed by atoms with Crippen molar-refractivity contribution < 1.29 is 19.4 Å². The number of esters is 1. The lowest BCUT2D eigenvalue weighted by Crippen LogP contribution is -2.24. The second kappa shape index (κ2) is 11.4. The summed E-state index contributed by atoms with van der Waals surface area (Å²) in [6.07, 6.45) is 3.55. The summed E-state index contributed by atoms with van der Waals surface area (Å²) in [7, 11) is -0.929. The number of hydrogen-bond acceptors (Lipinski definition) is 4. The minimum absolute atomic E-state index is 0.0466. The molecule has 4 nitrogen and oxygen atoms in total. The fraction of sp³-hybridized carbons (Fsp3) is 0.304. The van der Waals surface area contributed by atoms with Gasteiger partial charge in [-0.3, -0.25) is 4.79 Å². The molecule has 2 aromatic rings. The van der Waals surface area contributed by atoms with Gasteiger partial charge in [-0.25, -0.2) is 0 Å². The average molecular weight is 398 g/mol. The standard InChI is InChI=1S/C23H27O4P/c1-18(2)27-23(25)15-21(26-16-19-10-6-4-7-11-19)14-20(24)17-28(3)22-12-8-5-9-13-22/h4-13,17-18,21H,3,14-16H2,1-2H3/t21-/m1/s1. The number of hydrogen-bond donors (Lipinski definition) is 0. The smallest absolute Gasteiger partial charge is 0.308 e.